The number of carbonyl (C=O) groups excluding carboxylic acids is 1. The first-order valence-electron chi connectivity index (χ1n) is 7.62. The van der Waals surface area contributed by atoms with Crippen molar-refractivity contribution in [3.63, 3.8) is 0 Å². The fourth-order valence-corrected chi connectivity index (χ4v) is 4.11. The number of benzene rings is 2. The van der Waals surface area contributed by atoms with Gasteiger partial charge in [0, 0.05) is 5.75 Å². The van der Waals surface area contributed by atoms with Crippen molar-refractivity contribution in [2.24, 2.45) is 0 Å². The summed E-state index contributed by atoms with van der Waals surface area (Å²) < 4.78 is 52.5. The topological polar surface area (TPSA) is 54.9 Å². The van der Waals surface area contributed by atoms with Gasteiger partial charge in [-0.05, 0) is 23.8 Å². The van der Waals surface area contributed by atoms with Crippen LogP contribution in [0.15, 0.2) is 46.8 Å². The first-order valence-corrected chi connectivity index (χ1v) is 9.80. The predicted octanol–water partition coefficient (Wildman–Crippen LogP) is 5.89. The number of amides is 1. The Hall–Kier alpha value is -2.17. The molecular weight excluding hydrogens is 438 g/mol. The van der Waals surface area contributed by atoms with Crippen LogP contribution in [0.25, 0.3) is 0 Å². The number of nitrogens with one attached hydrogen (secondary N) is 1. The first-order chi connectivity index (χ1) is 13.2. The first kappa shape index (κ1) is 20.6. The molecule has 0 bridgehead atoms. The minimum atomic E-state index is -4.41. The third-order valence-corrected chi connectivity index (χ3v) is 5.79. The van der Waals surface area contributed by atoms with Gasteiger partial charge >= 0.3 is 6.18 Å². The molecule has 0 aliphatic rings. The molecule has 11 heteroatoms. The van der Waals surface area contributed by atoms with Gasteiger partial charge in [-0.3, -0.25) is 10.1 Å². The van der Waals surface area contributed by atoms with Crippen molar-refractivity contribution >= 4 is 45.7 Å². The number of rotatable bonds is 5. The van der Waals surface area contributed by atoms with Gasteiger partial charge in [-0.15, -0.1) is 10.2 Å². The van der Waals surface area contributed by atoms with Gasteiger partial charge < -0.3 is 0 Å². The Morgan fingerprint density at radius 3 is 2.64 bits per heavy atom. The van der Waals surface area contributed by atoms with E-state index in [0.29, 0.717) is 9.90 Å². The smallest absolute Gasteiger partial charge is 0.296 e. The van der Waals surface area contributed by atoms with Gasteiger partial charge in [-0.25, -0.2) is 4.39 Å². The van der Waals surface area contributed by atoms with Crippen LogP contribution in [-0.4, -0.2) is 16.1 Å². The lowest BCUT2D eigenvalue weighted by molar-refractivity contribution is -0.137. The van der Waals surface area contributed by atoms with Crippen molar-refractivity contribution < 1.29 is 22.4 Å². The number of nitrogens with zero attached hydrogens (tertiary/aromatic N) is 2. The van der Waals surface area contributed by atoms with Gasteiger partial charge in [0.2, 0.25) is 5.13 Å². The number of anilines is 1. The van der Waals surface area contributed by atoms with Crippen molar-refractivity contribution in [1.29, 1.82) is 0 Å². The largest absolute Gasteiger partial charge is 0.416 e. The molecule has 0 radical (unpaired) electrons. The van der Waals surface area contributed by atoms with E-state index in [2.05, 4.69) is 15.5 Å². The molecule has 0 aliphatic heterocycles. The molecule has 0 aliphatic carbocycles. The Balaban J connectivity index is 1.64. The number of hydrogen-bond acceptors (Lipinski definition) is 5. The normalized spacial score (nSPS) is 11.5. The SMILES string of the molecule is O=C(Nc1nnc(SCc2cccc(C(F)(F)F)c2)s1)c1c(F)cccc1Cl. The molecule has 146 valence electrons. The third-order valence-electron chi connectivity index (χ3n) is 3.43. The van der Waals surface area contributed by atoms with Gasteiger partial charge in [0.05, 0.1) is 16.1 Å². The van der Waals surface area contributed by atoms with E-state index in [-0.39, 0.29) is 21.5 Å². The highest BCUT2D eigenvalue weighted by Crippen LogP contribution is 2.32. The number of hydrogen-bond donors (Lipinski definition) is 1. The van der Waals surface area contributed by atoms with Crippen molar-refractivity contribution in [3.8, 4) is 0 Å². The maximum Gasteiger partial charge on any atom is 0.416 e. The minimum Gasteiger partial charge on any atom is -0.296 e. The van der Waals surface area contributed by atoms with E-state index < -0.39 is 23.5 Å². The van der Waals surface area contributed by atoms with Crippen LogP contribution < -0.4 is 5.32 Å². The zero-order chi connectivity index (χ0) is 20.3. The summed E-state index contributed by atoms with van der Waals surface area (Å²) in [6.45, 7) is 0. The van der Waals surface area contributed by atoms with Crippen LogP contribution >= 0.6 is 34.7 Å². The van der Waals surface area contributed by atoms with Gasteiger partial charge in [-0.2, -0.15) is 13.2 Å². The number of alkyl halides is 3. The molecule has 1 heterocycles. The fraction of sp³-hybridized carbons (Fsp3) is 0.118. The summed E-state index contributed by atoms with van der Waals surface area (Å²) in [6.07, 6.45) is -4.41. The number of halogens is 5. The highest BCUT2D eigenvalue weighted by molar-refractivity contribution is 8.00. The van der Waals surface area contributed by atoms with E-state index in [1.54, 1.807) is 6.07 Å². The molecule has 3 aromatic rings. The predicted molar refractivity (Wildman–Crippen MR) is 100 cm³/mol. The molecular formula is C17H10ClF4N3OS2. The van der Waals surface area contributed by atoms with E-state index in [9.17, 15) is 22.4 Å². The molecule has 4 nitrogen and oxygen atoms in total. The Bertz CT molecular complexity index is 990. The second-order valence-corrected chi connectivity index (χ2v) is 8.02. The molecule has 0 unspecified atom stereocenters. The zero-order valence-corrected chi connectivity index (χ0v) is 16.1. The lowest BCUT2D eigenvalue weighted by Crippen LogP contribution is -2.14. The van der Waals surface area contributed by atoms with Gasteiger partial charge in [0.25, 0.3) is 5.91 Å². The number of carbonyl (C=O) groups is 1. The van der Waals surface area contributed by atoms with Crippen LogP contribution in [0.1, 0.15) is 21.5 Å². The maximum atomic E-state index is 13.8. The lowest BCUT2D eigenvalue weighted by Gasteiger charge is -2.07. The number of aromatic nitrogens is 2. The Kier molecular flexibility index (Phi) is 6.21. The van der Waals surface area contributed by atoms with E-state index >= 15 is 0 Å². The molecule has 0 saturated heterocycles. The minimum absolute atomic E-state index is 0.0406. The number of thioether (sulfide) groups is 1. The van der Waals surface area contributed by atoms with Gasteiger partial charge in [0.15, 0.2) is 4.34 Å². The zero-order valence-electron chi connectivity index (χ0n) is 13.8. The van der Waals surface area contributed by atoms with E-state index in [1.807, 2.05) is 0 Å². The maximum absolute atomic E-state index is 13.8. The molecule has 1 amide bonds. The van der Waals surface area contributed by atoms with Crippen LogP contribution in [0.4, 0.5) is 22.7 Å². The summed E-state index contributed by atoms with van der Waals surface area (Å²) in [6, 6.07) is 8.85. The molecule has 28 heavy (non-hydrogen) atoms. The molecule has 1 aromatic heterocycles. The van der Waals surface area contributed by atoms with Gasteiger partial charge in [-0.1, -0.05) is 59.0 Å². The van der Waals surface area contributed by atoms with Crippen LogP contribution in [0.2, 0.25) is 5.02 Å². The quantitative estimate of drug-likeness (QED) is 0.301. The fourth-order valence-electron chi connectivity index (χ4n) is 2.18. The Morgan fingerprint density at radius 1 is 1.18 bits per heavy atom. The monoisotopic (exact) mass is 447 g/mol. The summed E-state index contributed by atoms with van der Waals surface area (Å²) in [4.78, 5) is 12.2. The van der Waals surface area contributed by atoms with Crippen molar-refractivity contribution in [2.75, 3.05) is 5.32 Å². The Morgan fingerprint density at radius 2 is 1.93 bits per heavy atom. The lowest BCUT2D eigenvalue weighted by atomic mass is 10.1. The van der Waals surface area contributed by atoms with Crippen LogP contribution in [0, 0.1) is 5.82 Å². The average molecular weight is 448 g/mol. The molecule has 0 saturated carbocycles. The van der Waals surface area contributed by atoms with Gasteiger partial charge in [0.1, 0.15) is 5.82 Å². The van der Waals surface area contributed by atoms with E-state index in [0.717, 1.165) is 29.5 Å². The standard InChI is InChI=1S/C17H10ClF4N3OS2/c18-11-5-2-6-12(19)13(11)14(26)23-15-24-25-16(28-15)27-8-9-3-1-4-10(7-9)17(20,21)22/h1-7H,8H2,(H,23,24,26). The van der Waals surface area contributed by atoms with Crippen molar-refractivity contribution in [2.45, 2.75) is 16.3 Å². The summed E-state index contributed by atoms with van der Waals surface area (Å²) in [5.74, 6) is -1.30. The molecule has 0 spiro atoms. The molecule has 0 atom stereocenters. The summed E-state index contributed by atoms with van der Waals surface area (Å²) in [7, 11) is 0. The summed E-state index contributed by atoms with van der Waals surface area (Å²) in [5, 5.41) is 10.1. The highest BCUT2D eigenvalue weighted by Gasteiger charge is 2.30. The second-order valence-electron chi connectivity index (χ2n) is 5.41. The molecule has 1 N–H and O–H groups in total. The summed E-state index contributed by atoms with van der Waals surface area (Å²) >= 11 is 8.03. The molecule has 3 rings (SSSR count). The van der Waals surface area contributed by atoms with E-state index in [4.69, 9.17) is 11.6 Å². The van der Waals surface area contributed by atoms with Crippen LogP contribution in [-0.2, 0) is 11.9 Å². The molecule has 2 aromatic carbocycles. The molecule has 0 fully saturated rings. The van der Waals surface area contributed by atoms with Crippen molar-refractivity contribution in [1.82, 2.24) is 10.2 Å². The average Bonchev–Trinajstić information content (AvgIpc) is 3.07. The van der Waals surface area contributed by atoms with Crippen LogP contribution in [0.3, 0.4) is 0 Å². The third kappa shape index (κ3) is 5.00. The van der Waals surface area contributed by atoms with Crippen LogP contribution in [0.5, 0.6) is 0 Å². The van der Waals surface area contributed by atoms with E-state index in [1.165, 1.54) is 30.0 Å². The Labute approximate surface area is 169 Å². The highest BCUT2D eigenvalue weighted by atomic mass is 35.5. The summed E-state index contributed by atoms with van der Waals surface area (Å²) in [5.41, 5.74) is -0.561. The van der Waals surface area contributed by atoms with Crippen molar-refractivity contribution in [3.05, 3.63) is 70.0 Å². The second kappa shape index (κ2) is 8.46.